The molecule has 1 heterocycles. The van der Waals surface area contributed by atoms with Crippen molar-refractivity contribution in [3.05, 3.63) is 35.9 Å². The molecule has 1 fully saturated rings. The highest BCUT2D eigenvalue weighted by molar-refractivity contribution is 5.96. The Morgan fingerprint density at radius 1 is 0.657 bits per heavy atom. The summed E-state index contributed by atoms with van der Waals surface area (Å²) in [5.74, 6) is -5.42. The van der Waals surface area contributed by atoms with Gasteiger partial charge in [-0.2, -0.15) is 0 Å². The van der Waals surface area contributed by atoms with Crippen molar-refractivity contribution in [3.8, 4) is 0 Å². The molecular weight excluding hydrogens is 867 g/mol. The van der Waals surface area contributed by atoms with Crippen molar-refractivity contribution in [2.75, 3.05) is 52.4 Å². The van der Waals surface area contributed by atoms with Gasteiger partial charge in [0.1, 0.15) is 42.3 Å². The molecule has 9 atom stereocenters. The molecule has 0 aromatic heterocycles. The molecule has 2 rings (SSSR count). The van der Waals surface area contributed by atoms with Crippen LogP contribution >= 0.6 is 0 Å². The van der Waals surface area contributed by atoms with Crippen molar-refractivity contribution in [1.82, 2.24) is 47.4 Å². The number of primary amides is 1. The van der Waals surface area contributed by atoms with Gasteiger partial charge in [0.05, 0.1) is 6.10 Å². The van der Waals surface area contributed by atoms with Gasteiger partial charge in [-0.3, -0.25) is 43.3 Å². The molecule has 1 aliphatic rings. The summed E-state index contributed by atoms with van der Waals surface area (Å²) < 4.78 is 0. The Bertz CT molecular complexity index is 1750. The number of aliphatic hydroxyl groups excluding tert-OH is 1. The molecule has 1 aromatic rings. The highest BCUT2D eigenvalue weighted by atomic mass is 16.3. The maximum Gasteiger partial charge on any atom is 0.245 e. The summed E-state index contributed by atoms with van der Waals surface area (Å²) >= 11 is 0. The molecule has 1 unspecified atom stereocenters. The first-order valence-electron chi connectivity index (χ1n) is 23.4. The van der Waals surface area contributed by atoms with Gasteiger partial charge in [0.2, 0.25) is 47.3 Å². The summed E-state index contributed by atoms with van der Waals surface area (Å²) in [5, 5.41) is 32.3. The lowest BCUT2D eigenvalue weighted by molar-refractivity contribution is -0.135. The Labute approximate surface area is 394 Å². The second-order valence-corrected chi connectivity index (χ2v) is 18.1. The Hall–Kier alpha value is -5.26. The Morgan fingerprint density at radius 3 is 1.63 bits per heavy atom. The molecule has 22 nitrogen and oxygen atoms in total. The number of carbonyl (C=O) groups excluding carboxylic acids is 8. The van der Waals surface area contributed by atoms with E-state index in [1.165, 1.54) is 6.92 Å². The zero-order valence-corrected chi connectivity index (χ0v) is 40.1. The van der Waals surface area contributed by atoms with Gasteiger partial charge in [0, 0.05) is 45.1 Å². The molecule has 67 heavy (non-hydrogen) atoms. The van der Waals surface area contributed by atoms with Crippen LogP contribution in [0.15, 0.2) is 30.3 Å². The molecule has 0 saturated carbocycles. The minimum absolute atomic E-state index is 0.0336. The standard InChI is InChI=1S/C45H79N13O9/c1-26(2)22-28(5)39(61)52-31(12-16-46)40(62)54-33(14-18-48)43(65)57-37(29(6)59)45(67)51-19-15-34(55-44(66)36-24-50-20-21-58(36)25-27(3)4)42(64)53-32(13-17-47)41(63)56-35(38(49)60)23-30-10-8-7-9-11-30/h7-11,26-29,31-37,50,59H,12-25,46-48H2,1-6H3,(H2,49,60)(H,51,67)(H,52,61)(H,53,64)(H,54,62)(H,55,66)(H,56,63)(H,57,65)/t28-,29+,31-,32-,33-,34?,35+,36-,37-/m0/s1. The number of piperazine rings is 1. The predicted octanol–water partition coefficient (Wildman–Crippen LogP) is -3.83. The molecule has 0 radical (unpaired) electrons. The number of nitrogens with one attached hydrogen (secondary N) is 8. The van der Waals surface area contributed by atoms with Crippen LogP contribution in [0.1, 0.15) is 79.2 Å². The number of benzene rings is 1. The van der Waals surface area contributed by atoms with E-state index in [1.807, 2.05) is 32.6 Å². The van der Waals surface area contributed by atoms with E-state index >= 15 is 0 Å². The Balaban J connectivity index is 2.28. The van der Waals surface area contributed by atoms with Crippen LogP contribution in [-0.4, -0.2) is 158 Å². The molecule has 22 heteroatoms. The van der Waals surface area contributed by atoms with E-state index < -0.39 is 89.7 Å². The molecule has 0 bridgehead atoms. The summed E-state index contributed by atoms with van der Waals surface area (Å²) in [6, 6.07) is 0.697. The third kappa shape index (κ3) is 20.7. The zero-order chi connectivity index (χ0) is 50.2. The summed E-state index contributed by atoms with van der Waals surface area (Å²) in [7, 11) is 0. The van der Waals surface area contributed by atoms with Gasteiger partial charge in [0.15, 0.2) is 0 Å². The van der Waals surface area contributed by atoms with E-state index in [4.69, 9.17) is 22.9 Å². The van der Waals surface area contributed by atoms with Crippen molar-refractivity contribution >= 4 is 47.3 Å². The molecule has 0 aliphatic carbocycles. The van der Waals surface area contributed by atoms with Gasteiger partial charge in [-0.05, 0) is 76.1 Å². The number of carbonyl (C=O) groups is 8. The van der Waals surface area contributed by atoms with E-state index in [1.54, 1.807) is 37.3 Å². The molecule has 1 aromatic carbocycles. The molecule has 0 spiro atoms. The summed E-state index contributed by atoms with van der Waals surface area (Å²) in [5.41, 5.74) is 23.7. The number of rotatable bonds is 30. The smallest absolute Gasteiger partial charge is 0.245 e. The van der Waals surface area contributed by atoms with Gasteiger partial charge in [0.25, 0.3) is 0 Å². The monoisotopic (exact) mass is 946 g/mol. The van der Waals surface area contributed by atoms with Crippen LogP contribution in [0.2, 0.25) is 0 Å². The number of hydrogen-bond acceptors (Lipinski definition) is 14. The van der Waals surface area contributed by atoms with Crippen molar-refractivity contribution in [1.29, 1.82) is 0 Å². The first kappa shape index (κ1) is 57.9. The second-order valence-electron chi connectivity index (χ2n) is 18.1. The summed E-state index contributed by atoms with van der Waals surface area (Å²) in [4.78, 5) is 109. The fraction of sp³-hybridized carbons (Fsp3) is 0.689. The van der Waals surface area contributed by atoms with Crippen LogP contribution in [0, 0.1) is 17.8 Å². The molecule has 378 valence electrons. The predicted molar refractivity (Wildman–Crippen MR) is 253 cm³/mol. The third-order valence-electron chi connectivity index (χ3n) is 11.2. The molecule has 8 amide bonds. The van der Waals surface area contributed by atoms with Crippen molar-refractivity contribution in [3.63, 3.8) is 0 Å². The quantitative estimate of drug-likeness (QED) is 0.0352. The fourth-order valence-corrected chi connectivity index (χ4v) is 7.66. The molecular formula is C45H79N13O9. The van der Waals surface area contributed by atoms with Crippen LogP contribution in [0.4, 0.5) is 0 Å². The molecule has 1 aliphatic heterocycles. The van der Waals surface area contributed by atoms with Crippen molar-refractivity contribution in [2.45, 2.75) is 128 Å². The maximum absolute atomic E-state index is 14.1. The fourth-order valence-electron chi connectivity index (χ4n) is 7.66. The van der Waals surface area contributed by atoms with Gasteiger partial charge in [-0.25, -0.2) is 0 Å². The van der Waals surface area contributed by atoms with Gasteiger partial charge < -0.3 is 70.6 Å². The number of nitrogens with two attached hydrogens (primary N) is 4. The highest BCUT2D eigenvalue weighted by Gasteiger charge is 2.35. The minimum atomic E-state index is -1.55. The summed E-state index contributed by atoms with van der Waals surface area (Å²) in [6.07, 6.45) is -0.989. The zero-order valence-electron chi connectivity index (χ0n) is 40.1. The largest absolute Gasteiger partial charge is 0.391 e. The topological polar surface area (TPSA) is 360 Å². The second kappa shape index (κ2) is 30.2. The lowest BCUT2D eigenvalue weighted by Gasteiger charge is -2.37. The maximum atomic E-state index is 14.1. The lowest BCUT2D eigenvalue weighted by Crippen LogP contribution is -2.62. The number of amides is 8. The van der Waals surface area contributed by atoms with Gasteiger partial charge >= 0.3 is 0 Å². The van der Waals surface area contributed by atoms with E-state index in [9.17, 15) is 43.5 Å². The first-order chi connectivity index (χ1) is 31.7. The normalized spacial score (nSPS) is 17.6. The highest BCUT2D eigenvalue weighted by Crippen LogP contribution is 2.13. The van der Waals surface area contributed by atoms with Crippen LogP contribution in [0.5, 0.6) is 0 Å². The van der Waals surface area contributed by atoms with Gasteiger partial charge in [-0.1, -0.05) is 65.0 Å². The van der Waals surface area contributed by atoms with Crippen LogP contribution in [0.3, 0.4) is 0 Å². The van der Waals surface area contributed by atoms with E-state index in [0.29, 0.717) is 32.6 Å². The number of hydrogen-bond donors (Lipinski definition) is 13. The van der Waals surface area contributed by atoms with Crippen LogP contribution < -0.4 is 65.5 Å². The first-order valence-corrected chi connectivity index (χ1v) is 23.4. The van der Waals surface area contributed by atoms with Crippen molar-refractivity contribution < 1.29 is 43.5 Å². The third-order valence-corrected chi connectivity index (χ3v) is 11.2. The molecule has 17 N–H and O–H groups in total. The Kier molecular flexibility index (Phi) is 26.1. The van der Waals surface area contributed by atoms with E-state index in [-0.39, 0.29) is 81.9 Å². The van der Waals surface area contributed by atoms with E-state index in [2.05, 4.69) is 42.5 Å². The molecule has 1 saturated heterocycles. The van der Waals surface area contributed by atoms with Crippen LogP contribution in [-0.2, 0) is 44.8 Å². The average Bonchev–Trinajstić information content (AvgIpc) is 3.26. The van der Waals surface area contributed by atoms with Crippen LogP contribution in [0.25, 0.3) is 0 Å². The summed E-state index contributed by atoms with van der Waals surface area (Å²) in [6.45, 7) is 12.9. The number of aliphatic hydroxyl groups is 1. The van der Waals surface area contributed by atoms with E-state index in [0.717, 1.165) is 5.56 Å². The number of nitrogens with zero attached hydrogens (tertiary/aromatic N) is 1. The lowest BCUT2D eigenvalue weighted by atomic mass is 9.97. The Morgan fingerprint density at radius 2 is 1.15 bits per heavy atom. The average molecular weight is 946 g/mol. The minimum Gasteiger partial charge on any atom is -0.391 e. The van der Waals surface area contributed by atoms with Crippen molar-refractivity contribution in [2.24, 2.45) is 40.7 Å². The van der Waals surface area contributed by atoms with Gasteiger partial charge in [-0.15, -0.1) is 0 Å². The SMILES string of the molecule is CC(C)C[C@H](C)C(=O)N[C@@H](CCN)C(=O)N[C@@H](CCN)C(=O)N[C@H](C(=O)NCCC(NC(=O)[C@@H]1CNCCN1CC(C)C)C(=O)N[C@@H](CCN)C(=O)N[C@H](Cc1ccccc1)C(N)=O)[C@@H](C)O.